The maximum absolute atomic E-state index is 12.2. The lowest BCUT2D eigenvalue weighted by Gasteiger charge is -2.05. The Morgan fingerprint density at radius 3 is 2.48 bits per heavy atom. The Morgan fingerprint density at radius 2 is 1.88 bits per heavy atom. The van der Waals surface area contributed by atoms with Gasteiger partial charge in [-0.3, -0.25) is 4.79 Å². The lowest BCUT2D eigenvalue weighted by Crippen LogP contribution is -2.12. The molecule has 2 rings (SSSR count). The third kappa shape index (κ3) is 4.70. The molecule has 1 N–H and O–H groups in total. The van der Waals surface area contributed by atoms with Crippen LogP contribution in [0.15, 0.2) is 30.3 Å². The Kier molecular flexibility index (Phi) is 6.36. The smallest absolute Gasteiger partial charge is 0.341 e. The second kappa shape index (κ2) is 8.48. The first-order chi connectivity index (χ1) is 12.0. The summed E-state index contributed by atoms with van der Waals surface area (Å²) in [5.41, 5.74) is 2.13. The zero-order valence-corrected chi connectivity index (χ0v) is 15.5. The highest BCUT2D eigenvalue weighted by Gasteiger charge is 2.21. The number of methoxy groups -OCH3 is 1. The number of carbonyl (C=O) groups is 2. The molecule has 0 spiro atoms. The molecule has 1 aromatic carbocycles. The molecule has 0 atom stereocenters. The summed E-state index contributed by atoms with van der Waals surface area (Å²) >= 11 is 1.37. The number of thiophene rings is 1. The molecule has 132 valence electrons. The second-order valence-corrected chi connectivity index (χ2v) is 6.53. The molecular formula is C19H21NO4S. The number of amides is 1. The van der Waals surface area contributed by atoms with Crippen molar-refractivity contribution in [1.29, 1.82) is 0 Å². The van der Waals surface area contributed by atoms with E-state index in [0.717, 1.165) is 21.8 Å². The van der Waals surface area contributed by atoms with E-state index in [1.807, 2.05) is 38.1 Å². The van der Waals surface area contributed by atoms with Gasteiger partial charge in [-0.25, -0.2) is 4.79 Å². The first kappa shape index (κ1) is 18.7. The molecular weight excluding hydrogens is 338 g/mol. The highest BCUT2D eigenvalue weighted by Crippen LogP contribution is 2.33. The van der Waals surface area contributed by atoms with E-state index in [0.29, 0.717) is 10.6 Å². The minimum atomic E-state index is -0.418. The molecule has 0 aliphatic heterocycles. The second-order valence-electron chi connectivity index (χ2n) is 5.30. The van der Waals surface area contributed by atoms with E-state index in [1.165, 1.54) is 17.4 Å². The van der Waals surface area contributed by atoms with E-state index in [-0.39, 0.29) is 12.5 Å². The quantitative estimate of drug-likeness (QED) is 0.620. The van der Waals surface area contributed by atoms with E-state index >= 15 is 0 Å². The largest absolute Gasteiger partial charge is 0.497 e. The fraction of sp³-hybridized carbons (Fsp3) is 0.263. The van der Waals surface area contributed by atoms with Crippen molar-refractivity contribution in [2.24, 2.45) is 0 Å². The van der Waals surface area contributed by atoms with Gasteiger partial charge in [0, 0.05) is 11.0 Å². The molecule has 1 aromatic heterocycles. The average molecular weight is 359 g/mol. The van der Waals surface area contributed by atoms with Gasteiger partial charge in [0.1, 0.15) is 10.8 Å². The SMILES string of the molecule is CCOC(=O)c1c(NC(=O)/C=C/c2ccc(OC)cc2)sc(C)c1C. The van der Waals surface area contributed by atoms with Gasteiger partial charge in [0.05, 0.1) is 19.3 Å². The van der Waals surface area contributed by atoms with Crippen LogP contribution in [0.3, 0.4) is 0 Å². The summed E-state index contributed by atoms with van der Waals surface area (Å²) in [6.07, 6.45) is 3.13. The van der Waals surface area contributed by atoms with E-state index in [9.17, 15) is 9.59 Å². The predicted octanol–water partition coefficient (Wildman–Crippen LogP) is 4.20. The molecule has 0 radical (unpaired) electrons. The average Bonchev–Trinajstić information content (AvgIpc) is 2.87. The van der Waals surface area contributed by atoms with E-state index in [1.54, 1.807) is 20.1 Å². The third-order valence-corrected chi connectivity index (χ3v) is 4.77. The molecule has 1 amide bonds. The number of benzene rings is 1. The summed E-state index contributed by atoms with van der Waals surface area (Å²) in [7, 11) is 1.60. The van der Waals surface area contributed by atoms with Gasteiger partial charge in [0.25, 0.3) is 0 Å². The fourth-order valence-electron chi connectivity index (χ4n) is 2.20. The van der Waals surface area contributed by atoms with Gasteiger partial charge in [0.2, 0.25) is 5.91 Å². The molecule has 6 heteroatoms. The van der Waals surface area contributed by atoms with Crippen LogP contribution in [-0.2, 0) is 9.53 Å². The molecule has 0 unspecified atom stereocenters. The van der Waals surface area contributed by atoms with Crippen LogP contribution in [-0.4, -0.2) is 25.6 Å². The van der Waals surface area contributed by atoms with Crippen LogP contribution in [0.25, 0.3) is 6.08 Å². The molecule has 25 heavy (non-hydrogen) atoms. The molecule has 0 bridgehead atoms. The minimum Gasteiger partial charge on any atom is -0.497 e. The number of ether oxygens (including phenoxy) is 2. The normalized spacial score (nSPS) is 10.7. The van der Waals surface area contributed by atoms with E-state index < -0.39 is 5.97 Å². The monoisotopic (exact) mass is 359 g/mol. The molecule has 0 aliphatic rings. The molecule has 0 saturated carbocycles. The van der Waals surface area contributed by atoms with Crippen molar-refractivity contribution in [1.82, 2.24) is 0 Å². The summed E-state index contributed by atoms with van der Waals surface area (Å²) in [6.45, 7) is 5.80. The molecule has 0 fully saturated rings. The molecule has 5 nitrogen and oxygen atoms in total. The van der Waals surface area contributed by atoms with Crippen molar-refractivity contribution < 1.29 is 19.1 Å². The van der Waals surface area contributed by atoms with Crippen LogP contribution in [0.4, 0.5) is 5.00 Å². The van der Waals surface area contributed by atoms with Gasteiger partial charge >= 0.3 is 5.97 Å². The van der Waals surface area contributed by atoms with Crippen LogP contribution >= 0.6 is 11.3 Å². The van der Waals surface area contributed by atoms with Gasteiger partial charge in [-0.05, 0) is 50.1 Å². The number of esters is 1. The topological polar surface area (TPSA) is 64.6 Å². The van der Waals surface area contributed by atoms with Crippen LogP contribution in [0, 0.1) is 13.8 Å². The van der Waals surface area contributed by atoms with Crippen molar-refractivity contribution >= 4 is 34.3 Å². The van der Waals surface area contributed by atoms with Crippen molar-refractivity contribution in [3.63, 3.8) is 0 Å². The zero-order valence-electron chi connectivity index (χ0n) is 14.7. The number of hydrogen-bond acceptors (Lipinski definition) is 5. The third-order valence-electron chi connectivity index (χ3n) is 3.64. The molecule has 1 heterocycles. The summed E-state index contributed by atoms with van der Waals surface area (Å²) < 4.78 is 10.2. The van der Waals surface area contributed by atoms with Crippen LogP contribution in [0.5, 0.6) is 5.75 Å². The first-order valence-corrected chi connectivity index (χ1v) is 8.68. The highest BCUT2D eigenvalue weighted by atomic mass is 32.1. The lowest BCUT2D eigenvalue weighted by molar-refractivity contribution is -0.111. The van der Waals surface area contributed by atoms with Gasteiger partial charge in [0.15, 0.2) is 0 Å². The maximum Gasteiger partial charge on any atom is 0.341 e. The predicted molar refractivity (Wildman–Crippen MR) is 100 cm³/mol. The van der Waals surface area contributed by atoms with Crippen LogP contribution in [0.1, 0.15) is 33.3 Å². The number of carbonyl (C=O) groups excluding carboxylic acids is 2. The van der Waals surface area contributed by atoms with Crippen LogP contribution < -0.4 is 10.1 Å². The van der Waals surface area contributed by atoms with Crippen molar-refractivity contribution in [2.45, 2.75) is 20.8 Å². The molecule has 2 aromatic rings. The summed E-state index contributed by atoms with van der Waals surface area (Å²) in [5.74, 6) is 0.0339. The number of nitrogens with one attached hydrogen (secondary N) is 1. The Labute approximate surface area is 151 Å². The number of aryl methyl sites for hydroxylation is 1. The lowest BCUT2D eigenvalue weighted by atomic mass is 10.1. The van der Waals surface area contributed by atoms with Crippen molar-refractivity contribution in [3.8, 4) is 5.75 Å². The highest BCUT2D eigenvalue weighted by molar-refractivity contribution is 7.16. The van der Waals surface area contributed by atoms with Crippen molar-refractivity contribution in [3.05, 3.63) is 51.9 Å². The van der Waals surface area contributed by atoms with Gasteiger partial charge in [-0.2, -0.15) is 0 Å². The first-order valence-electron chi connectivity index (χ1n) is 7.86. The Balaban J connectivity index is 2.13. The van der Waals surface area contributed by atoms with Gasteiger partial charge in [-0.1, -0.05) is 12.1 Å². The Bertz CT molecular complexity index is 791. The number of anilines is 1. The van der Waals surface area contributed by atoms with E-state index in [4.69, 9.17) is 9.47 Å². The van der Waals surface area contributed by atoms with Crippen LogP contribution in [0.2, 0.25) is 0 Å². The summed E-state index contributed by atoms with van der Waals surface area (Å²) in [5, 5.41) is 3.28. The summed E-state index contributed by atoms with van der Waals surface area (Å²) in [4.78, 5) is 25.3. The maximum atomic E-state index is 12.2. The number of rotatable bonds is 6. The van der Waals surface area contributed by atoms with Crippen molar-refractivity contribution in [2.75, 3.05) is 19.0 Å². The Morgan fingerprint density at radius 1 is 1.20 bits per heavy atom. The fourth-order valence-corrected chi connectivity index (χ4v) is 3.26. The van der Waals surface area contributed by atoms with Gasteiger partial charge < -0.3 is 14.8 Å². The molecule has 0 aliphatic carbocycles. The summed E-state index contributed by atoms with van der Waals surface area (Å²) in [6, 6.07) is 7.35. The molecule has 0 saturated heterocycles. The number of hydrogen-bond donors (Lipinski definition) is 1. The zero-order chi connectivity index (χ0) is 18.4. The van der Waals surface area contributed by atoms with Gasteiger partial charge in [-0.15, -0.1) is 11.3 Å². The minimum absolute atomic E-state index is 0.290. The standard InChI is InChI=1S/C19H21NO4S/c1-5-24-19(22)17-12(2)13(3)25-18(17)20-16(21)11-8-14-6-9-15(23-4)10-7-14/h6-11H,5H2,1-4H3,(H,20,21)/b11-8+. The Hall–Kier alpha value is -2.60. The van der Waals surface area contributed by atoms with E-state index in [2.05, 4.69) is 5.32 Å².